The van der Waals surface area contributed by atoms with Gasteiger partial charge in [-0.3, -0.25) is 4.79 Å². The third-order valence-corrected chi connectivity index (χ3v) is 8.91. The molecule has 1 amide bonds. The molecule has 0 saturated carbocycles. The number of nitrogens with zero attached hydrogens (tertiary/aromatic N) is 6. The number of likely N-dealkylation sites (tertiary alicyclic amines) is 1. The molecule has 1 saturated heterocycles. The van der Waals surface area contributed by atoms with Gasteiger partial charge >= 0.3 is 6.08 Å². The number of nitrogen functional groups attached to an aromatic ring is 1. The van der Waals surface area contributed by atoms with E-state index in [9.17, 15) is 9.18 Å². The molecule has 38 heavy (non-hydrogen) atoms. The van der Waals surface area contributed by atoms with E-state index in [1.54, 1.807) is 18.3 Å². The standard InChI is InChI=1S/C28H32FN7OS/c1-16-15-38-27(31-16)22-12-20-7-3-6-19(20)11-21(22)13-23-32-24-25(30)33-28(29)34-26(24)36(23)10-8-18-5-4-9-35(14-18)17(2)37/h11-12,15,18H,3-10,13-14H2,1-2H3,(H2,30,33,34). The number of thiazole rings is 1. The van der Waals surface area contributed by atoms with Gasteiger partial charge in [-0.2, -0.15) is 14.4 Å². The van der Waals surface area contributed by atoms with Crippen molar-refractivity contribution in [1.82, 2.24) is 29.4 Å². The van der Waals surface area contributed by atoms with Crippen molar-refractivity contribution in [3.63, 3.8) is 0 Å². The summed E-state index contributed by atoms with van der Waals surface area (Å²) in [6, 6.07) is 4.61. The Morgan fingerprint density at radius 2 is 1.97 bits per heavy atom. The number of rotatable bonds is 6. The molecule has 1 fully saturated rings. The summed E-state index contributed by atoms with van der Waals surface area (Å²) >= 11 is 1.66. The monoisotopic (exact) mass is 533 g/mol. The number of carbonyl (C=O) groups excluding carboxylic acids is 1. The quantitative estimate of drug-likeness (QED) is 0.360. The fourth-order valence-corrected chi connectivity index (χ4v) is 6.82. The zero-order chi connectivity index (χ0) is 26.4. The fraction of sp³-hybridized carbons (Fsp3) is 0.464. The Kier molecular flexibility index (Phi) is 6.59. The Morgan fingerprint density at radius 3 is 2.74 bits per heavy atom. The molecule has 6 rings (SSSR count). The third-order valence-electron chi connectivity index (χ3n) is 7.91. The number of piperidine rings is 1. The molecule has 1 atom stereocenters. The average Bonchev–Trinajstić information content (AvgIpc) is 3.61. The Morgan fingerprint density at radius 1 is 1.16 bits per heavy atom. The number of fused-ring (bicyclic) bond motifs is 2. The number of imidazole rings is 1. The summed E-state index contributed by atoms with van der Waals surface area (Å²) in [6.07, 6.45) is 5.95. The molecule has 1 aromatic carbocycles. The maximum absolute atomic E-state index is 14.3. The fourth-order valence-electron chi connectivity index (χ4n) is 5.98. The van der Waals surface area contributed by atoms with Crippen molar-refractivity contribution in [3.8, 4) is 10.6 Å². The Bertz CT molecular complexity index is 1530. The maximum atomic E-state index is 14.3. The van der Waals surface area contributed by atoms with Crippen LogP contribution in [0, 0.1) is 18.9 Å². The van der Waals surface area contributed by atoms with E-state index in [1.807, 2.05) is 16.4 Å². The maximum Gasteiger partial charge on any atom is 0.312 e. The minimum atomic E-state index is -0.848. The molecular weight excluding hydrogens is 501 g/mol. The zero-order valence-corrected chi connectivity index (χ0v) is 22.7. The summed E-state index contributed by atoms with van der Waals surface area (Å²) in [5.74, 6) is 1.33. The van der Waals surface area contributed by atoms with Crippen molar-refractivity contribution in [3.05, 3.63) is 51.8 Å². The van der Waals surface area contributed by atoms with Gasteiger partial charge in [0, 0.05) is 49.6 Å². The van der Waals surface area contributed by atoms with Crippen molar-refractivity contribution in [2.75, 3.05) is 18.8 Å². The Hall–Kier alpha value is -3.40. The highest BCUT2D eigenvalue weighted by Gasteiger charge is 2.25. The van der Waals surface area contributed by atoms with Crippen LogP contribution in [0.15, 0.2) is 17.5 Å². The summed E-state index contributed by atoms with van der Waals surface area (Å²) in [6.45, 7) is 5.83. The molecule has 4 aromatic rings. The summed E-state index contributed by atoms with van der Waals surface area (Å²) < 4.78 is 16.3. The molecule has 1 unspecified atom stereocenters. The van der Waals surface area contributed by atoms with Crippen molar-refractivity contribution < 1.29 is 9.18 Å². The third kappa shape index (κ3) is 4.77. The minimum Gasteiger partial charge on any atom is -0.382 e. The van der Waals surface area contributed by atoms with E-state index in [0.29, 0.717) is 30.0 Å². The number of nitrogens with two attached hydrogens (primary N) is 1. The van der Waals surface area contributed by atoms with E-state index in [2.05, 4.69) is 27.5 Å². The van der Waals surface area contributed by atoms with Gasteiger partial charge in [0.05, 0.1) is 0 Å². The molecule has 4 heterocycles. The number of aryl methyl sites for hydroxylation is 4. The lowest BCUT2D eigenvalue weighted by Gasteiger charge is -2.32. The van der Waals surface area contributed by atoms with Crippen molar-refractivity contribution in [2.45, 2.75) is 65.3 Å². The van der Waals surface area contributed by atoms with E-state index in [0.717, 1.165) is 79.3 Å². The van der Waals surface area contributed by atoms with E-state index < -0.39 is 6.08 Å². The molecule has 0 bridgehead atoms. The van der Waals surface area contributed by atoms with Crippen LogP contribution in [0.5, 0.6) is 0 Å². The topological polar surface area (TPSA) is 103 Å². The molecule has 0 spiro atoms. The van der Waals surface area contributed by atoms with Crippen LogP contribution < -0.4 is 5.73 Å². The summed E-state index contributed by atoms with van der Waals surface area (Å²) in [5, 5.41) is 3.08. The molecule has 0 radical (unpaired) electrons. The molecule has 2 N–H and O–H groups in total. The van der Waals surface area contributed by atoms with Crippen LogP contribution in [0.25, 0.3) is 21.7 Å². The highest BCUT2D eigenvalue weighted by atomic mass is 32.1. The Labute approximate surface area is 225 Å². The van der Waals surface area contributed by atoms with Gasteiger partial charge in [0.15, 0.2) is 17.0 Å². The average molecular weight is 534 g/mol. The SMILES string of the molecule is CC(=O)N1CCCC(CCn2c(Cc3cc4c(cc3-c3nc(C)cs3)CCC4)nc3c(N)nc(F)nc32)C1. The molecule has 1 aliphatic heterocycles. The first-order chi connectivity index (χ1) is 18.4. The van der Waals surface area contributed by atoms with Crippen molar-refractivity contribution in [2.24, 2.45) is 5.92 Å². The van der Waals surface area contributed by atoms with Crippen molar-refractivity contribution >= 4 is 34.2 Å². The van der Waals surface area contributed by atoms with Crippen molar-refractivity contribution in [1.29, 1.82) is 0 Å². The van der Waals surface area contributed by atoms with Crippen LogP contribution in [-0.2, 0) is 30.6 Å². The predicted octanol–water partition coefficient (Wildman–Crippen LogP) is 4.71. The number of benzene rings is 1. The van der Waals surface area contributed by atoms with Gasteiger partial charge in [0.1, 0.15) is 10.8 Å². The highest BCUT2D eigenvalue weighted by molar-refractivity contribution is 7.13. The first-order valence-electron chi connectivity index (χ1n) is 13.4. The van der Waals surface area contributed by atoms with E-state index in [-0.39, 0.29) is 11.7 Å². The second-order valence-corrected chi connectivity index (χ2v) is 11.5. The van der Waals surface area contributed by atoms with E-state index in [4.69, 9.17) is 15.7 Å². The second kappa shape index (κ2) is 10.1. The number of hydrogen-bond acceptors (Lipinski definition) is 7. The molecule has 2 aliphatic rings. The highest BCUT2D eigenvalue weighted by Crippen LogP contribution is 2.35. The van der Waals surface area contributed by atoms with Crippen LogP contribution in [0.3, 0.4) is 0 Å². The van der Waals surface area contributed by atoms with Gasteiger partial charge < -0.3 is 15.2 Å². The lowest BCUT2D eigenvalue weighted by Crippen LogP contribution is -2.38. The molecule has 1 aliphatic carbocycles. The van der Waals surface area contributed by atoms with Crippen LogP contribution in [0.4, 0.5) is 10.2 Å². The molecule has 10 heteroatoms. The van der Waals surface area contributed by atoms with E-state index >= 15 is 0 Å². The second-order valence-electron chi connectivity index (χ2n) is 10.6. The van der Waals surface area contributed by atoms with Gasteiger partial charge in [-0.1, -0.05) is 6.07 Å². The Balaban J connectivity index is 1.38. The molecule has 3 aromatic heterocycles. The van der Waals surface area contributed by atoms with Crippen LogP contribution >= 0.6 is 11.3 Å². The van der Waals surface area contributed by atoms with Crippen LogP contribution in [0.1, 0.15) is 60.8 Å². The molecular formula is C28H32FN7OS. The van der Waals surface area contributed by atoms with Gasteiger partial charge in [0.2, 0.25) is 5.91 Å². The lowest BCUT2D eigenvalue weighted by molar-refractivity contribution is -0.130. The predicted molar refractivity (Wildman–Crippen MR) is 146 cm³/mol. The number of carbonyl (C=O) groups is 1. The first kappa shape index (κ1) is 24.9. The van der Waals surface area contributed by atoms with Gasteiger partial charge in [-0.25, -0.2) is 9.97 Å². The summed E-state index contributed by atoms with van der Waals surface area (Å²) in [7, 11) is 0. The largest absolute Gasteiger partial charge is 0.382 e. The van der Waals surface area contributed by atoms with Gasteiger partial charge in [0.25, 0.3) is 0 Å². The molecule has 8 nitrogen and oxygen atoms in total. The number of hydrogen-bond donors (Lipinski definition) is 1. The van der Waals surface area contributed by atoms with E-state index in [1.165, 1.54) is 11.1 Å². The minimum absolute atomic E-state index is 0.0534. The summed E-state index contributed by atoms with van der Waals surface area (Å²) in [5.41, 5.74) is 13.0. The number of anilines is 1. The van der Waals surface area contributed by atoms with Gasteiger partial charge in [-0.05, 0) is 74.1 Å². The summed E-state index contributed by atoms with van der Waals surface area (Å²) in [4.78, 5) is 31.4. The van der Waals surface area contributed by atoms with Gasteiger partial charge in [-0.15, -0.1) is 11.3 Å². The number of aromatic nitrogens is 5. The normalized spacial score (nSPS) is 17.3. The van der Waals surface area contributed by atoms with Crippen LogP contribution in [-0.4, -0.2) is 48.4 Å². The van der Waals surface area contributed by atoms with Crippen LogP contribution in [0.2, 0.25) is 0 Å². The zero-order valence-electron chi connectivity index (χ0n) is 21.8. The number of amides is 1. The molecule has 198 valence electrons. The first-order valence-corrected chi connectivity index (χ1v) is 14.2. The number of halogens is 1. The lowest BCUT2D eigenvalue weighted by atomic mass is 9.94. The smallest absolute Gasteiger partial charge is 0.312 e.